The highest BCUT2D eigenvalue weighted by Gasteiger charge is 2.34. The Morgan fingerprint density at radius 1 is 0.969 bits per heavy atom. The number of piperidine rings is 1. The first kappa shape index (κ1) is 23.5. The molecule has 0 radical (unpaired) electrons. The summed E-state index contributed by atoms with van der Waals surface area (Å²) in [4.78, 5) is 40.6. The molecular formula is C26H33N3O3. The van der Waals surface area contributed by atoms with E-state index < -0.39 is 6.04 Å². The van der Waals surface area contributed by atoms with Crippen LogP contribution in [0.2, 0.25) is 0 Å². The highest BCUT2D eigenvalue weighted by Crippen LogP contribution is 2.23. The highest BCUT2D eigenvalue weighted by atomic mass is 16.2. The van der Waals surface area contributed by atoms with E-state index in [0.717, 1.165) is 11.1 Å². The van der Waals surface area contributed by atoms with E-state index >= 15 is 0 Å². The van der Waals surface area contributed by atoms with Gasteiger partial charge in [0.1, 0.15) is 6.04 Å². The first-order valence-corrected chi connectivity index (χ1v) is 11.4. The Hall–Kier alpha value is -3.15. The lowest BCUT2D eigenvalue weighted by Crippen LogP contribution is -2.54. The standard InChI is InChI=1S/C26H33N3O3/c1-18(2)17-27-25(31)23(28-24(30)21-10-5-4-6-11-21)20-13-15-29(16-14-20)26(32)22-12-8-7-9-19(22)3/h4-12,18,20,23H,13-17H2,1-3H3,(H,27,31)(H,28,30). The molecule has 0 bridgehead atoms. The Labute approximate surface area is 190 Å². The Balaban J connectivity index is 1.68. The maximum Gasteiger partial charge on any atom is 0.254 e. The highest BCUT2D eigenvalue weighted by molar-refractivity contribution is 5.98. The van der Waals surface area contributed by atoms with Crippen molar-refractivity contribution in [1.29, 1.82) is 0 Å². The van der Waals surface area contributed by atoms with Crippen LogP contribution in [0.5, 0.6) is 0 Å². The van der Waals surface area contributed by atoms with E-state index in [9.17, 15) is 14.4 Å². The molecule has 6 heteroatoms. The number of hydrogen-bond acceptors (Lipinski definition) is 3. The van der Waals surface area contributed by atoms with Gasteiger partial charge in [-0.3, -0.25) is 14.4 Å². The van der Waals surface area contributed by atoms with Gasteiger partial charge in [-0.15, -0.1) is 0 Å². The normalized spacial score (nSPS) is 15.3. The summed E-state index contributed by atoms with van der Waals surface area (Å²) >= 11 is 0. The molecule has 3 amide bonds. The fraction of sp³-hybridized carbons (Fsp3) is 0.423. The maximum absolute atomic E-state index is 13.0. The largest absolute Gasteiger partial charge is 0.354 e. The molecule has 0 saturated carbocycles. The number of benzene rings is 2. The fourth-order valence-corrected chi connectivity index (χ4v) is 4.05. The molecule has 2 aromatic carbocycles. The maximum atomic E-state index is 13.0. The summed E-state index contributed by atoms with van der Waals surface area (Å²) < 4.78 is 0. The molecule has 2 N–H and O–H groups in total. The van der Waals surface area contributed by atoms with E-state index in [0.29, 0.717) is 44.0 Å². The molecular weight excluding hydrogens is 402 g/mol. The molecule has 6 nitrogen and oxygen atoms in total. The van der Waals surface area contributed by atoms with Gasteiger partial charge < -0.3 is 15.5 Å². The predicted octanol–water partition coefficient (Wildman–Crippen LogP) is 3.42. The Morgan fingerprint density at radius 2 is 1.59 bits per heavy atom. The number of hydrogen-bond donors (Lipinski definition) is 2. The molecule has 1 fully saturated rings. The van der Waals surface area contributed by atoms with Crippen molar-refractivity contribution < 1.29 is 14.4 Å². The van der Waals surface area contributed by atoms with E-state index in [1.54, 1.807) is 24.3 Å². The molecule has 1 saturated heterocycles. The average Bonchev–Trinajstić information content (AvgIpc) is 2.81. The van der Waals surface area contributed by atoms with Crippen molar-refractivity contribution in [2.75, 3.05) is 19.6 Å². The molecule has 3 rings (SSSR count). The minimum atomic E-state index is -0.628. The first-order chi connectivity index (χ1) is 15.4. The van der Waals surface area contributed by atoms with Crippen LogP contribution in [0.4, 0.5) is 0 Å². The van der Waals surface area contributed by atoms with Crippen LogP contribution in [0.1, 0.15) is 53.0 Å². The number of amides is 3. The summed E-state index contributed by atoms with van der Waals surface area (Å²) in [5, 5.41) is 5.93. The van der Waals surface area contributed by atoms with Gasteiger partial charge in [-0.25, -0.2) is 0 Å². The molecule has 2 aromatic rings. The van der Waals surface area contributed by atoms with Gasteiger partial charge in [0.05, 0.1) is 0 Å². The van der Waals surface area contributed by atoms with E-state index in [4.69, 9.17) is 0 Å². The summed E-state index contributed by atoms with van der Waals surface area (Å²) in [6.07, 6.45) is 1.32. The fourth-order valence-electron chi connectivity index (χ4n) is 4.05. The van der Waals surface area contributed by atoms with Crippen LogP contribution in [0.3, 0.4) is 0 Å². The van der Waals surface area contributed by atoms with Gasteiger partial charge in [0, 0.05) is 30.8 Å². The molecule has 1 heterocycles. The van der Waals surface area contributed by atoms with Gasteiger partial charge in [0.15, 0.2) is 0 Å². The van der Waals surface area contributed by atoms with Crippen molar-refractivity contribution in [3.63, 3.8) is 0 Å². The molecule has 1 aliphatic rings. The lowest BCUT2D eigenvalue weighted by molar-refractivity contribution is -0.124. The van der Waals surface area contributed by atoms with Crippen LogP contribution in [0.25, 0.3) is 0 Å². The third-order valence-electron chi connectivity index (χ3n) is 5.96. The van der Waals surface area contributed by atoms with Crippen molar-refractivity contribution in [2.45, 2.75) is 39.7 Å². The van der Waals surface area contributed by atoms with Crippen LogP contribution >= 0.6 is 0 Å². The van der Waals surface area contributed by atoms with Crippen LogP contribution in [0.15, 0.2) is 54.6 Å². The second-order valence-corrected chi connectivity index (χ2v) is 8.90. The van der Waals surface area contributed by atoms with Crippen LogP contribution in [-0.4, -0.2) is 48.3 Å². The summed E-state index contributed by atoms with van der Waals surface area (Å²) in [5.74, 6) is -0.107. The van der Waals surface area contributed by atoms with E-state index in [1.165, 1.54) is 0 Å². The van der Waals surface area contributed by atoms with Crippen molar-refractivity contribution in [1.82, 2.24) is 15.5 Å². The molecule has 0 aromatic heterocycles. The average molecular weight is 436 g/mol. The van der Waals surface area contributed by atoms with Gasteiger partial charge in [0.25, 0.3) is 11.8 Å². The van der Waals surface area contributed by atoms with Crippen molar-refractivity contribution in [2.24, 2.45) is 11.8 Å². The molecule has 1 aliphatic heterocycles. The van der Waals surface area contributed by atoms with Crippen LogP contribution in [0, 0.1) is 18.8 Å². The summed E-state index contributed by atoms with van der Waals surface area (Å²) in [7, 11) is 0. The number of nitrogens with zero attached hydrogens (tertiary/aromatic N) is 1. The van der Waals surface area contributed by atoms with Gasteiger partial charge in [0.2, 0.25) is 5.91 Å². The van der Waals surface area contributed by atoms with Gasteiger partial charge in [-0.05, 0) is 55.4 Å². The van der Waals surface area contributed by atoms with Gasteiger partial charge >= 0.3 is 0 Å². The van der Waals surface area contributed by atoms with Crippen molar-refractivity contribution >= 4 is 17.7 Å². The third kappa shape index (κ3) is 5.96. The Morgan fingerprint density at radius 3 is 2.22 bits per heavy atom. The second kappa shape index (κ2) is 10.9. The zero-order valence-electron chi connectivity index (χ0n) is 19.1. The number of rotatable bonds is 7. The first-order valence-electron chi connectivity index (χ1n) is 11.4. The minimum Gasteiger partial charge on any atom is -0.354 e. The number of aryl methyl sites for hydroxylation is 1. The van der Waals surface area contributed by atoms with Gasteiger partial charge in [-0.1, -0.05) is 50.2 Å². The Kier molecular flexibility index (Phi) is 8.03. The van der Waals surface area contributed by atoms with Crippen molar-refractivity contribution in [3.8, 4) is 0 Å². The lowest BCUT2D eigenvalue weighted by atomic mass is 9.88. The number of likely N-dealkylation sites (tertiary alicyclic amines) is 1. The molecule has 170 valence electrons. The molecule has 1 unspecified atom stereocenters. The molecule has 1 atom stereocenters. The zero-order valence-corrected chi connectivity index (χ0v) is 19.1. The van der Waals surface area contributed by atoms with E-state index in [-0.39, 0.29) is 23.6 Å². The summed E-state index contributed by atoms with van der Waals surface area (Å²) in [5.41, 5.74) is 2.21. The number of carbonyl (C=O) groups is 3. The third-order valence-corrected chi connectivity index (χ3v) is 5.96. The number of nitrogens with one attached hydrogen (secondary N) is 2. The molecule has 0 aliphatic carbocycles. The monoisotopic (exact) mass is 435 g/mol. The molecule has 0 spiro atoms. The topological polar surface area (TPSA) is 78.5 Å². The SMILES string of the molecule is Cc1ccccc1C(=O)N1CCC(C(NC(=O)c2ccccc2)C(=O)NCC(C)C)CC1. The predicted molar refractivity (Wildman–Crippen MR) is 125 cm³/mol. The van der Waals surface area contributed by atoms with Crippen LogP contribution < -0.4 is 10.6 Å². The van der Waals surface area contributed by atoms with Crippen molar-refractivity contribution in [3.05, 3.63) is 71.3 Å². The Bertz CT molecular complexity index is 934. The minimum absolute atomic E-state index is 0.0238. The van der Waals surface area contributed by atoms with E-state index in [2.05, 4.69) is 10.6 Å². The lowest BCUT2D eigenvalue weighted by Gasteiger charge is -2.36. The second-order valence-electron chi connectivity index (χ2n) is 8.90. The zero-order chi connectivity index (χ0) is 23.1. The van der Waals surface area contributed by atoms with E-state index in [1.807, 2.05) is 56.0 Å². The van der Waals surface area contributed by atoms with Crippen LogP contribution in [-0.2, 0) is 4.79 Å². The molecule has 32 heavy (non-hydrogen) atoms. The smallest absolute Gasteiger partial charge is 0.254 e. The number of carbonyl (C=O) groups excluding carboxylic acids is 3. The van der Waals surface area contributed by atoms with Gasteiger partial charge in [-0.2, -0.15) is 0 Å². The quantitative estimate of drug-likeness (QED) is 0.700. The summed E-state index contributed by atoms with van der Waals surface area (Å²) in [6, 6.07) is 15.9. The summed E-state index contributed by atoms with van der Waals surface area (Å²) in [6.45, 7) is 7.69.